The second-order valence-electron chi connectivity index (χ2n) is 4.55. The van der Waals surface area contributed by atoms with E-state index in [2.05, 4.69) is 10.4 Å². The molecule has 0 unspecified atom stereocenters. The van der Waals surface area contributed by atoms with Crippen LogP contribution in [0.15, 0.2) is 30.5 Å². The number of nitrogens with zero attached hydrogens (tertiary/aromatic N) is 2. The van der Waals surface area contributed by atoms with Crippen LogP contribution in [0.4, 0.5) is 5.69 Å². The van der Waals surface area contributed by atoms with Gasteiger partial charge in [0.2, 0.25) is 5.88 Å². The zero-order chi connectivity index (χ0) is 15.9. The van der Waals surface area contributed by atoms with E-state index < -0.39 is 0 Å². The molecular weight excluding hydrogens is 282 g/mol. The number of hydrogen-bond donors (Lipinski definition) is 1. The molecule has 1 heterocycles. The quantitative estimate of drug-likeness (QED) is 0.854. The van der Waals surface area contributed by atoms with Crippen LogP contribution in [0, 0.1) is 0 Å². The first-order valence-corrected chi connectivity index (χ1v) is 7.42. The fourth-order valence-corrected chi connectivity index (χ4v) is 1.96. The van der Waals surface area contributed by atoms with E-state index in [1.807, 2.05) is 32.9 Å². The van der Waals surface area contributed by atoms with E-state index in [9.17, 15) is 4.79 Å². The molecule has 6 heteroatoms. The van der Waals surface area contributed by atoms with Gasteiger partial charge >= 0.3 is 0 Å². The van der Waals surface area contributed by atoms with Gasteiger partial charge in [0.1, 0.15) is 11.3 Å². The van der Waals surface area contributed by atoms with Crippen molar-refractivity contribution in [1.82, 2.24) is 9.78 Å². The van der Waals surface area contributed by atoms with Gasteiger partial charge in [0, 0.05) is 18.4 Å². The highest BCUT2D eigenvalue weighted by molar-refractivity contribution is 6.05. The largest absolute Gasteiger partial charge is 0.494 e. The van der Waals surface area contributed by atoms with Crippen LogP contribution in [-0.4, -0.2) is 28.9 Å². The number of benzene rings is 1. The molecule has 1 aromatic heterocycles. The summed E-state index contributed by atoms with van der Waals surface area (Å²) < 4.78 is 12.5. The van der Waals surface area contributed by atoms with E-state index >= 15 is 0 Å². The van der Waals surface area contributed by atoms with Gasteiger partial charge in [-0.3, -0.25) is 9.48 Å². The van der Waals surface area contributed by atoms with Gasteiger partial charge in [0.15, 0.2) is 0 Å². The van der Waals surface area contributed by atoms with E-state index in [4.69, 9.17) is 9.47 Å². The number of ether oxygens (including phenoxy) is 2. The van der Waals surface area contributed by atoms with E-state index in [1.165, 1.54) is 0 Å². The van der Waals surface area contributed by atoms with Gasteiger partial charge in [-0.25, -0.2) is 0 Å². The van der Waals surface area contributed by atoms with Crippen molar-refractivity contribution in [2.24, 2.45) is 0 Å². The van der Waals surface area contributed by atoms with Gasteiger partial charge in [0.25, 0.3) is 5.91 Å². The molecule has 0 fully saturated rings. The number of aryl methyl sites for hydroxylation is 1. The Balaban J connectivity index is 2.12. The lowest BCUT2D eigenvalue weighted by Gasteiger charge is -2.07. The van der Waals surface area contributed by atoms with Crippen LogP contribution in [-0.2, 0) is 6.54 Å². The van der Waals surface area contributed by atoms with Crippen molar-refractivity contribution in [3.8, 4) is 11.6 Å². The molecule has 22 heavy (non-hydrogen) atoms. The van der Waals surface area contributed by atoms with Crippen molar-refractivity contribution >= 4 is 11.6 Å². The van der Waals surface area contributed by atoms with Crippen molar-refractivity contribution in [3.05, 3.63) is 36.0 Å². The van der Waals surface area contributed by atoms with Crippen LogP contribution in [0.3, 0.4) is 0 Å². The first kappa shape index (κ1) is 15.9. The number of rotatable bonds is 7. The summed E-state index contributed by atoms with van der Waals surface area (Å²) >= 11 is 0. The Morgan fingerprint density at radius 2 is 1.82 bits per heavy atom. The van der Waals surface area contributed by atoms with Crippen LogP contribution in [0.2, 0.25) is 0 Å². The monoisotopic (exact) mass is 303 g/mol. The number of aromatic nitrogens is 2. The molecule has 1 N–H and O–H groups in total. The van der Waals surface area contributed by atoms with Crippen molar-refractivity contribution in [3.63, 3.8) is 0 Å². The van der Waals surface area contributed by atoms with Crippen LogP contribution in [0.1, 0.15) is 31.1 Å². The van der Waals surface area contributed by atoms with Crippen molar-refractivity contribution in [1.29, 1.82) is 0 Å². The molecule has 0 bridgehead atoms. The lowest BCUT2D eigenvalue weighted by Crippen LogP contribution is -2.12. The number of anilines is 1. The minimum Gasteiger partial charge on any atom is -0.494 e. The third-order valence-corrected chi connectivity index (χ3v) is 3.00. The minimum absolute atomic E-state index is 0.243. The Morgan fingerprint density at radius 1 is 1.14 bits per heavy atom. The Morgan fingerprint density at radius 3 is 2.41 bits per heavy atom. The number of carbonyl (C=O) groups is 1. The molecule has 1 aromatic carbocycles. The van der Waals surface area contributed by atoms with Gasteiger partial charge in [-0.05, 0) is 45.0 Å². The smallest absolute Gasteiger partial charge is 0.262 e. The van der Waals surface area contributed by atoms with Crippen molar-refractivity contribution in [2.75, 3.05) is 18.5 Å². The topological polar surface area (TPSA) is 65.4 Å². The summed E-state index contributed by atoms with van der Waals surface area (Å²) in [6.45, 7) is 7.49. The lowest BCUT2D eigenvalue weighted by atomic mass is 10.2. The number of carbonyl (C=O) groups excluding carboxylic acids is 1. The maximum atomic E-state index is 12.4. The molecular formula is C16H21N3O3. The van der Waals surface area contributed by atoms with Gasteiger partial charge in [-0.2, -0.15) is 0 Å². The summed E-state index contributed by atoms with van der Waals surface area (Å²) in [6, 6.07) is 7.23. The average Bonchev–Trinajstić information content (AvgIpc) is 2.93. The molecule has 0 spiro atoms. The second kappa shape index (κ2) is 7.49. The van der Waals surface area contributed by atoms with Crippen LogP contribution in [0.5, 0.6) is 11.6 Å². The standard InChI is InChI=1S/C16H21N3O3/c1-4-19-11-14(16(18-19)22-6-3)15(20)17-12-7-9-13(10-8-12)21-5-2/h7-11H,4-6H2,1-3H3,(H,17,20). The Kier molecular flexibility index (Phi) is 5.41. The summed E-state index contributed by atoms with van der Waals surface area (Å²) in [5.74, 6) is 0.884. The van der Waals surface area contributed by atoms with E-state index in [0.29, 0.717) is 36.9 Å². The molecule has 2 rings (SSSR count). The fraction of sp³-hybridized carbons (Fsp3) is 0.375. The first-order valence-electron chi connectivity index (χ1n) is 7.42. The Bertz CT molecular complexity index is 620. The summed E-state index contributed by atoms with van der Waals surface area (Å²) in [5, 5.41) is 7.07. The molecule has 0 atom stereocenters. The Labute approximate surface area is 130 Å². The summed E-state index contributed by atoms with van der Waals surface area (Å²) in [4.78, 5) is 12.4. The summed E-state index contributed by atoms with van der Waals surface area (Å²) in [6.07, 6.45) is 1.69. The molecule has 0 aliphatic rings. The Hall–Kier alpha value is -2.50. The highest BCUT2D eigenvalue weighted by Gasteiger charge is 2.17. The lowest BCUT2D eigenvalue weighted by molar-refractivity contribution is 0.102. The average molecular weight is 303 g/mol. The molecule has 0 aliphatic carbocycles. The van der Waals surface area contributed by atoms with Crippen LogP contribution >= 0.6 is 0 Å². The van der Waals surface area contributed by atoms with Gasteiger partial charge in [-0.15, -0.1) is 5.10 Å². The maximum Gasteiger partial charge on any atom is 0.262 e. The number of hydrogen-bond acceptors (Lipinski definition) is 4. The van der Waals surface area contributed by atoms with Crippen molar-refractivity contribution in [2.45, 2.75) is 27.3 Å². The predicted molar refractivity (Wildman–Crippen MR) is 84.6 cm³/mol. The molecule has 2 aromatic rings. The van der Waals surface area contributed by atoms with E-state index in [0.717, 1.165) is 5.75 Å². The number of amides is 1. The molecule has 0 saturated carbocycles. The highest BCUT2D eigenvalue weighted by Crippen LogP contribution is 2.20. The predicted octanol–water partition coefficient (Wildman–Crippen LogP) is 2.95. The first-order chi connectivity index (χ1) is 10.7. The molecule has 1 amide bonds. The highest BCUT2D eigenvalue weighted by atomic mass is 16.5. The maximum absolute atomic E-state index is 12.4. The third kappa shape index (κ3) is 3.78. The van der Waals surface area contributed by atoms with Gasteiger partial charge < -0.3 is 14.8 Å². The molecule has 6 nitrogen and oxygen atoms in total. The zero-order valence-electron chi connectivity index (χ0n) is 13.1. The third-order valence-electron chi connectivity index (χ3n) is 3.00. The van der Waals surface area contributed by atoms with Crippen molar-refractivity contribution < 1.29 is 14.3 Å². The summed E-state index contributed by atoms with van der Waals surface area (Å²) in [5.41, 5.74) is 1.12. The molecule has 118 valence electrons. The minimum atomic E-state index is -0.243. The summed E-state index contributed by atoms with van der Waals surface area (Å²) in [7, 11) is 0. The van der Waals surface area contributed by atoms with Crippen LogP contribution < -0.4 is 14.8 Å². The molecule has 0 aliphatic heterocycles. The fourth-order valence-electron chi connectivity index (χ4n) is 1.96. The van der Waals surface area contributed by atoms with Crippen LogP contribution in [0.25, 0.3) is 0 Å². The van der Waals surface area contributed by atoms with E-state index in [-0.39, 0.29) is 5.91 Å². The van der Waals surface area contributed by atoms with Gasteiger partial charge in [0.05, 0.1) is 13.2 Å². The SMILES string of the molecule is CCOc1ccc(NC(=O)c2cn(CC)nc2OCC)cc1. The number of nitrogens with one attached hydrogen (secondary N) is 1. The zero-order valence-corrected chi connectivity index (χ0v) is 13.1. The molecule has 0 radical (unpaired) electrons. The van der Waals surface area contributed by atoms with E-state index in [1.54, 1.807) is 23.0 Å². The second-order valence-corrected chi connectivity index (χ2v) is 4.55. The normalized spacial score (nSPS) is 10.3. The molecule has 0 saturated heterocycles. The van der Waals surface area contributed by atoms with Gasteiger partial charge in [-0.1, -0.05) is 0 Å².